The largest absolute Gasteiger partial charge is 0.270 e. The number of nitro groups is 1. The molecule has 0 radical (unpaired) electrons. The van der Waals surface area contributed by atoms with Crippen LogP contribution in [0.5, 0.6) is 0 Å². The Morgan fingerprint density at radius 1 is 1.05 bits per heavy atom. The number of hydrogen-bond acceptors (Lipinski definition) is 4. The Hall–Kier alpha value is -1.94. The monoisotopic (exact) mass is 428 g/mol. The Kier molecular flexibility index (Phi) is 3.65. The highest BCUT2D eigenvalue weighted by Crippen LogP contribution is 2.29. The average Bonchev–Trinajstić information content (AvgIpc) is 2.83. The molecule has 2 aromatic carbocycles. The predicted molar refractivity (Wildman–Crippen MR) is 90.3 cm³/mol. The first kappa shape index (κ1) is 15.0. The quantitative estimate of drug-likeness (QED) is 0.364. The minimum absolute atomic E-state index is 0.0711. The number of nitro benzene ring substituents is 1. The number of rotatable bonds is 3. The Balaban J connectivity index is 2.28. The van der Waals surface area contributed by atoms with Crippen molar-refractivity contribution in [2.24, 2.45) is 0 Å². The lowest BCUT2D eigenvalue weighted by atomic mass is 10.2. The number of fused-ring (bicyclic) bond motifs is 1. The van der Waals surface area contributed by atoms with Gasteiger partial charge in [-0.25, -0.2) is 12.4 Å². The molecular weight excluding hydrogens is 419 g/mol. The molecule has 0 fully saturated rings. The van der Waals surface area contributed by atoms with Crippen LogP contribution >= 0.6 is 22.6 Å². The van der Waals surface area contributed by atoms with Gasteiger partial charge in [-0.3, -0.25) is 10.1 Å². The third-order valence-electron chi connectivity index (χ3n) is 3.19. The lowest BCUT2D eigenvalue weighted by Crippen LogP contribution is -2.14. The van der Waals surface area contributed by atoms with E-state index < -0.39 is 14.9 Å². The van der Waals surface area contributed by atoms with E-state index >= 15 is 0 Å². The predicted octanol–water partition coefficient (Wildman–Crippen LogP) is 3.39. The second-order valence-electron chi connectivity index (χ2n) is 4.55. The van der Waals surface area contributed by atoms with E-state index in [9.17, 15) is 18.5 Å². The summed E-state index contributed by atoms with van der Waals surface area (Å²) < 4.78 is 27.2. The molecule has 0 N–H and O–H groups in total. The van der Waals surface area contributed by atoms with Gasteiger partial charge in [0, 0.05) is 17.5 Å². The van der Waals surface area contributed by atoms with Crippen molar-refractivity contribution in [3.05, 3.63) is 68.4 Å². The van der Waals surface area contributed by atoms with Crippen LogP contribution in [0.25, 0.3) is 10.9 Å². The Labute approximate surface area is 139 Å². The number of halogens is 1. The van der Waals surface area contributed by atoms with E-state index in [0.29, 0.717) is 14.6 Å². The first-order chi connectivity index (χ1) is 10.4. The zero-order chi connectivity index (χ0) is 15.9. The van der Waals surface area contributed by atoms with Crippen molar-refractivity contribution in [3.63, 3.8) is 0 Å². The van der Waals surface area contributed by atoms with Crippen LogP contribution < -0.4 is 0 Å². The summed E-state index contributed by atoms with van der Waals surface area (Å²) in [7, 11) is -3.75. The third kappa shape index (κ3) is 2.37. The number of nitrogens with zero attached hydrogens (tertiary/aromatic N) is 2. The standard InChI is InChI=1S/C14H9IN2O4S/c15-14-9-10-8-11(17(18)19)6-7-13(10)16(14)22(20,21)12-4-2-1-3-5-12/h1-9H. The number of aromatic nitrogens is 1. The molecule has 1 heterocycles. The van der Waals surface area contributed by atoms with Crippen molar-refractivity contribution >= 4 is 49.2 Å². The molecule has 1 aromatic heterocycles. The summed E-state index contributed by atoms with van der Waals surface area (Å²) in [5, 5.41) is 11.3. The lowest BCUT2D eigenvalue weighted by Gasteiger charge is -2.09. The molecule has 0 aliphatic rings. The van der Waals surface area contributed by atoms with E-state index in [-0.39, 0.29) is 10.6 Å². The molecule has 22 heavy (non-hydrogen) atoms. The van der Waals surface area contributed by atoms with Gasteiger partial charge in [0.2, 0.25) is 0 Å². The molecule has 0 atom stereocenters. The first-order valence-corrected chi connectivity index (χ1v) is 8.69. The molecule has 0 aliphatic heterocycles. The summed E-state index contributed by atoms with van der Waals surface area (Å²) in [5.74, 6) is 0. The smallest absolute Gasteiger partial charge is 0.258 e. The summed E-state index contributed by atoms with van der Waals surface area (Å²) in [6.45, 7) is 0. The van der Waals surface area contributed by atoms with Gasteiger partial charge >= 0.3 is 0 Å². The molecule has 0 amide bonds. The van der Waals surface area contributed by atoms with E-state index in [1.165, 1.54) is 34.3 Å². The van der Waals surface area contributed by atoms with Crippen LogP contribution in [-0.2, 0) is 10.0 Å². The van der Waals surface area contributed by atoms with Gasteiger partial charge in [-0.2, -0.15) is 0 Å². The highest BCUT2D eigenvalue weighted by atomic mass is 127. The van der Waals surface area contributed by atoms with Gasteiger partial charge in [0.05, 0.1) is 19.0 Å². The van der Waals surface area contributed by atoms with E-state index in [1.807, 2.05) is 22.6 Å². The van der Waals surface area contributed by atoms with Crippen LogP contribution in [-0.4, -0.2) is 17.3 Å². The lowest BCUT2D eigenvalue weighted by molar-refractivity contribution is -0.384. The van der Waals surface area contributed by atoms with Gasteiger partial charge in [0.1, 0.15) is 0 Å². The maximum Gasteiger partial charge on any atom is 0.270 e. The Morgan fingerprint density at radius 3 is 2.36 bits per heavy atom. The molecule has 0 spiro atoms. The minimum Gasteiger partial charge on any atom is -0.258 e. The second-order valence-corrected chi connectivity index (χ2v) is 7.44. The van der Waals surface area contributed by atoms with Gasteiger partial charge in [0.15, 0.2) is 0 Å². The average molecular weight is 428 g/mol. The highest BCUT2D eigenvalue weighted by molar-refractivity contribution is 14.1. The number of non-ortho nitro benzene ring substituents is 1. The van der Waals surface area contributed by atoms with E-state index in [4.69, 9.17) is 0 Å². The summed E-state index contributed by atoms with van der Waals surface area (Å²) >= 11 is 1.91. The molecule has 0 saturated heterocycles. The zero-order valence-corrected chi connectivity index (χ0v) is 14.0. The maximum absolute atomic E-state index is 12.8. The normalized spacial score (nSPS) is 11.7. The van der Waals surface area contributed by atoms with E-state index in [0.717, 1.165) is 0 Å². The Morgan fingerprint density at radius 2 is 1.73 bits per heavy atom. The SMILES string of the molecule is O=[N+]([O-])c1ccc2c(c1)cc(I)n2S(=O)(=O)c1ccccc1. The van der Waals surface area contributed by atoms with Crippen LogP contribution in [0.15, 0.2) is 59.5 Å². The van der Waals surface area contributed by atoms with Crippen molar-refractivity contribution in [3.8, 4) is 0 Å². The molecule has 3 rings (SSSR count). The molecular formula is C14H9IN2O4S. The Bertz CT molecular complexity index is 981. The van der Waals surface area contributed by atoms with Crippen molar-refractivity contribution in [2.45, 2.75) is 4.90 Å². The first-order valence-electron chi connectivity index (χ1n) is 6.17. The van der Waals surface area contributed by atoms with Gasteiger partial charge in [-0.1, -0.05) is 18.2 Å². The van der Waals surface area contributed by atoms with Crippen molar-refractivity contribution in [1.29, 1.82) is 0 Å². The molecule has 0 unspecified atom stereocenters. The molecule has 6 nitrogen and oxygen atoms in total. The van der Waals surface area contributed by atoms with E-state index in [1.54, 1.807) is 24.3 Å². The van der Waals surface area contributed by atoms with Crippen LogP contribution in [0.2, 0.25) is 0 Å². The fraction of sp³-hybridized carbons (Fsp3) is 0. The molecule has 8 heteroatoms. The molecule has 0 bridgehead atoms. The van der Waals surface area contributed by atoms with Gasteiger partial charge in [-0.05, 0) is 46.9 Å². The molecule has 0 saturated carbocycles. The number of hydrogen-bond donors (Lipinski definition) is 0. The molecule has 0 aliphatic carbocycles. The summed E-state index contributed by atoms with van der Waals surface area (Å²) in [4.78, 5) is 10.5. The topological polar surface area (TPSA) is 82.2 Å². The van der Waals surface area contributed by atoms with Crippen molar-refractivity contribution in [1.82, 2.24) is 3.97 Å². The minimum atomic E-state index is -3.75. The summed E-state index contributed by atoms with van der Waals surface area (Å²) in [6, 6.07) is 13.8. The van der Waals surface area contributed by atoms with Crippen LogP contribution in [0.4, 0.5) is 5.69 Å². The van der Waals surface area contributed by atoms with Gasteiger partial charge < -0.3 is 0 Å². The zero-order valence-electron chi connectivity index (χ0n) is 11.0. The van der Waals surface area contributed by atoms with Crippen LogP contribution in [0.3, 0.4) is 0 Å². The summed E-state index contributed by atoms with van der Waals surface area (Å²) in [6.07, 6.45) is 0. The second kappa shape index (κ2) is 5.36. The van der Waals surface area contributed by atoms with Crippen molar-refractivity contribution in [2.75, 3.05) is 0 Å². The fourth-order valence-corrected chi connectivity index (χ4v) is 4.99. The van der Waals surface area contributed by atoms with Gasteiger partial charge in [-0.15, -0.1) is 0 Å². The summed E-state index contributed by atoms with van der Waals surface area (Å²) in [5.41, 5.74) is 0.344. The van der Waals surface area contributed by atoms with Gasteiger partial charge in [0.25, 0.3) is 15.7 Å². The third-order valence-corrected chi connectivity index (χ3v) is 6.05. The van der Waals surface area contributed by atoms with Crippen LogP contribution in [0.1, 0.15) is 0 Å². The molecule has 3 aromatic rings. The van der Waals surface area contributed by atoms with E-state index in [2.05, 4.69) is 0 Å². The molecule has 112 valence electrons. The van der Waals surface area contributed by atoms with Crippen molar-refractivity contribution < 1.29 is 13.3 Å². The number of benzene rings is 2. The maximum atomic E-state index is 12.8. The fourth-order valence-electron chi connectivity index (χ4n) is 2.20. The highest BCUT2D eigenvalue weighted by Gasteiger charge is 2.22. The van der Waals surface area contributed by atoms with Crippen LogP contribution in [0, 0.1) is 13.8 Å².